The molecule has 1 aliphatic rings. The van der Waals surface area contributed by atoms with Crippen LogP contribution in [0.2, 0.25) is 0 Å². The SMILES string of the molecule is CCCC1C(=O)NC(C)C(=O)N1CCCn1ccnc1. The summed E-state index contributed by atoms with van der Waals surface area (Å²) in [5, 5.41) is 2.75. The monoisotopic (exact) mass is 278 g/mol. The first-order chi connectivity index (χ1) is 9.63. The Labute approximate surface area is 119 Å². The van der Waals surface area contributed by atoms with Crippen LogP contribution in [0.25, 0.3) is 0 Å². The lowest BCUT2D eigenvalue weighted by Gasteiger charge is -2.38. The molecule has 0 saturated carbocycles. The summed E-state index contributed by atoms with van der Waals surface area (Å²) < 4.78 is 1.98. The van der Waals surface area contributed by atoms with Crippen LogP contribution in [-0.2, 0) is 16.1 Å². The fraction of sp³-hybridized carbons (Fsp3) is 0.643. The standard InChI is InChI=1S/C14H22N4O2/c1-3-5-12-13(19)16-11(2)14(20)18(12)8-4-7-17-9-6-15-10-17/h6,9-12H,3-5,7-8H2,1-2H3,(H,16,19). The van der Waals surface area contributed by atoms with Gasteiger partial charge in [0.1, 0.15) is 12.1 Å². The highest BCUT2D eigenvalue weighted by Crippen LogP contribution is 2.15. The van der Waals surface area contributed by atoms with E-state index in [0.29, 0.717) is 6.54 Å². The topological polar surface area (TPSA) is 67.2 Å². The van der Waals surface area contributed by atoms with E-state index in [9.17, 15) is 9.59 Å². The Balaban J connectivity index is 1.96. The van der Waals surface area contributed by atoms with Gasteiger partial charge in [-0.3, -0.25) is 9.59 Å². The van der Waals surface area contributed by atoms with Crippen LogP contribution in [0.1, 0.15) is 33.1 Å². The van der Waals surface area contributed by atoms with Crippen molar-refractivity contribution in [3.05, 3.63) is 18.7 Å². The van der Waals surface area contributed by atoms with Crippen molar-refractivity contribution in [2.45, 2.75) is 51.7 Å². The maximum Gasteiger partial charge on any atom is 0.245 e. The zero-order chi connectivity index (χ0) is 14.5. The number of nitrogens with one attached hydrogen (secondary N) is 1. The van der Waals surface area contributed by atoms with Crippen molar-refractivity contribution >= 4 is 11.8 Å². The Morgan fingerprint density at radius 3 is 2.80 bits per heavy atom. The van der Waals surface area contributed by atoms with Crippen molar-refractivity contribution in [2.75, 3.05) is 6.54 Å². The third kappa shape index (κ3) is 3.18. The second-order valence-corrected chi connectivity index (χ2v) is 5.22. The second kappa shape index (κ2) is 6.54. The number of hydrogen-bond donors (Lipinski definition) is 1. The molecule has 6 heteroatoms. The maximum atomic E-state index is 12.2. The molecule has 6 nitrogen and oxygen atoms in total. The number of piperazine rings is 1. The zero-order valence-corrected chi connectivity index (χ0v) is 12.1. The van der Waals surface area contributed by atoms with Gasteiger partial charge in [-0.05, 0) is 19.8 Å². The lowest BCUT2D eigenvalue weighted by molar-refractivity contribution is -0.149. The van der Waals surface area contributed by atoms with Crippen molar-refractivity contribution in [1.82, 2.24) is 19.8 Å². The summed E-state index contributed by atoms with van der Waals surface area (Å²) >= 11 is 0. The van der Waals surface area contributed by atoms with Gasteiger partial charge < -0.3 is 14.8 Å². The van der Waals surface area contributed by atoms with E-state index < -0.39 is 6.04 Å². The molecule has 0 spiro atoms. The first kappa shape index (κ1) is 14.6. The van der Waals surface area contributed by atoms with Gasteiger partial charge in [0.2, 0.25) is 11.8 Å². The molecule has 20 heavy (non-hydrogen) atoms. The maximum absolute atomic E-state index is 12.2. The van der Waals surface area contributed by atoms with Gasteiger partial charge in [-0.1, -0.05) is 13.3 Å². The fourth-order valence-corrected chi connectivity index (χ4v) is 2.58. The highest BCUT2D eigenvalue weighted by atomic mass is 16.2. The largest absolute Gasteiger partial charge is 0.343 e. The number of carbonyl (C=O) groups is 2. The molecule has 0 aliphatic carbocycles. The molecule has 1 aromatic heterocycles. The minimum atomic E-state index is -0.413. The summed E-state index contributed by atoms with van der Waals surface area (Å²) in [7, 11) is 0. The molecule has 2 unspecified atom stereocenters. The lowest BCUT2D eigenvalue weighted by Crippen LogP contribution is -2.62. The molecule has 2 atom stereocenters. The van der Waals surface area contributed by atoms with Gasteiger partial charge in [-0.15, -0.1) is 0 Å². The summed E-state index contributed by atoms with van der Waals surface area (Å²) in [5.41, 5.74) is 0. The molecule has 1 saturated heterocycles. The minimum absolute atomic E-state index is 0.0219. The highest BCUT2D eigenvalue weighted by Gasteiger charge is 2.37. The molecule has 2 amide bonds. The van der Waals surface area contributed by atoms with Gasteiger partial charge >= 0.3 is 0 Å². The molecule has 1 aliphatic heterocycles. The van der Waals surface area contributed by atoms with Gasteiger partial charge in [0.25, 0.3) is 0 Å². The molecule has 1 aromatic rings. The summed E-state index contributed by atoms with van der Waals surface area (Å²) in [4.78, 5) is 30.0. The van der Waals surface area contributed by atoms with E-state index in [4.69, 9.17) is 0 Å². The van der Waals surface area contributed by atoms with E-state index in [1.807, 2.05) is 17.7 Å². The van der Waals surface area contributed by atoms with E-state index in [1.54, 1.807) is 24.3 Å². The van der Waals surface area contributed by atoms with Crippen LogP contribution in [0.5, 0.6) is 0 Å². The Bertz CT molecular complexity index is 458. The van der Waals surface area contributed by atoms with Crippen LogP contribution in [0.3, 0.4) is 0 Å². The van der Waals surface area contributed by atoms with E-state index in [0.717, 1.165) is 25.8 Å². The van der Waals surface area contributed by atoms with Crippen LogP contribution in [-0.4, -0.2) is 44.9 Å². The Morgan fingerprint density at radius 1 is 1.35 bits per heavy atom. The summed E-state index contributed by atoms with van der Waals surface area (Å²) in [5.74, 6) is -0.00439. The number of carbonyl (C=O) groups excluding carboxylic acids is 2. The average Bonchev–Trinajstić information content (AvgIpc) is 2.92. The molecular weight excluding hydrogens is 256 g/mol. The quantitative estimate of drug-likeness (QED) is 0.836. The van der Waals surface area contributed by atoms with E-state index in [2.05, 4.69) is 10.3 Å². The van der Waals surface area contributed by atoms with Crippen molar-refractivity contribution < 1.29 is 9.59 Å². The molecular formula is C14H22N4O2. The number of rotatable bonds is 6. The lowest BCUT2D eigenvalue weighted by atomic mass is 10.0. The molecule has 0 radical (unpaired) electrons. The zero-order valence-electron chi connectivity index (χ0n) is 12.1. The van der Waals surface area contributed by atoms with Crippen molar-refractivity contribution in [3.63, 3.8) is 0 Å². The van der Waals surface area contributed by atoms with Gasteiger partial charge in [0.15, 0.2) is 0 Å². The predicted molar refractivity (Wildman–Crippen MR) is 74.9 cm³/mol. The van der Waals surface area contributed by atoms with Gasteiger partial charge in [-0.2, -0.15) is 0 Å². The van der Waals surface area contributed by atoms with Crippen molar-refractivity contribution in [3.8, 4) is 0 Å². The van der Waals surface area contributed by atoms with Crippen LogP contribution in [0.4, 0.5) is 0 Å². The van der Waals surface area contributed by atoms with Gasteiger partial charge in [0.05, 0.1) is 6.33 Å². The van der Waals surface area contributed by atoms with Crippen LogP contribution in [0, 0.1) is 0 Å². The van der Waals surface area contributed by atoms with Crippen LogP contribution >= 0.6 is 0 Å². The number of aromatic nitrogens is 2. The molecule has 0 bridgehead atoms. The van der Waals surface area contributed by atoms with Gasteiger partial charge in [0, 0.05) is 25.5 Å². The normalized spacial score (nSPS) is 23.0. The number of amides is 2. The van der Waals surface area contributed by atoms with Crippen molar-refractivity contribution in [2.24, 2.45) is 0 Å². The molecule has 2 heterocycles. The molecule has 1 N–H and O–H groups in total. The Morgan fingerprint density at radius 2 is 2.15 bits per heavy atom. The van der Waals surface area contributed by atoms with Gasteiger partial charge in [-0.25, -0.2) is 4.98 Å². The summed E-state index contributed by atoms with van der Waals surface area (Å²) in [6.07, 6.45) is 7.82. The molecule has 1 fully saturated rings. The Hall–Kier alpha value is -1.85. The smallest absolute Gasteiger partial charge is 0.245 e. The number of hydrogen-bond acceptors (Lipinski definition) is 3. The fourth-order valence-electron chi connectivity index (χ4n) is 2.58. The second-order valence-electron chi connectivity index (χ2n) is 5.22. The van der Waals surface area contributed by atoms with E-state index in [1.165, 1.54) is 0 Å². The minimum Gasteiger partial charge on any atom is -0.343 e. The average molecular weight is 278 g/mol. The molecule has 0 aromatic carbocycles. The number of nitrogens with zero attached hydrogens (tertiary/aromatic N) is 3. The van der Waals surface area contributed by atoms with E-state index >= 15 is 0 Å². The Kier molecular flexibility index (Phi) is 4.76. The van der Waals surface area contributed by atoms with Crippen LogP contribution < -0.4 is 5.32 Å². The first-order valence-electron chi connectivity index (χ1n) is 7.20. The molecule has 2 rings (SSSR count). The van der Waals surface area contributed by atoms with Crippen LogP contribution in [0.15, 0.2) is 18.7 Å². The predicted octanol–water partition coefficient (Wildman–Crippen LogP) is 0.789. The third-order valence-corrected chi connectivity index (χ3v) is 3.63. The third-order valence-electron chi connectivity index (χ3n) is 3.63. The highest BCUT2D eigenvalue weighted by molar-refractivity contribution is 5.96. The number of imidazole rings is 1. The summed E-state index contributed by atoms with van der Waals surface area (Å²) in [6.45, 7) is 5.18. The molecule has 110 valence electrons. The number of aryl methyl sites for hydroxylation is 1. The van der Waals surface area contributed by atoms with Crippen molar-refractivity contribution in [1.29, 1.82) is 0 Å². The summed E-state index contributed by atoms with van der Waals surface area (Å²) in [6, 6.07) is -0.727. The first-order valence-corrected chi connectivity index (χ1v) is 7.20. The van der Waals surface area contributed by atoms with E-state index in [-0.39, 0.29) is 17.9 Å².